The number of benzene rings is 1. The normalized spacial score (nSPS) is 23.3. The first-order valence-corrected chi connectivity index (χ1v) is 7.87. The molecule has 1 saturated carbocycles. The van der Waals surface area contributed by atoms with Gasteiger partial charge in [0.15, 0.2) is 0 Å². The van der Waals surface area contributed by atoms with Gasteiger partial charge in [-0.1, -0.05) is 37.5 Å². The summed E-state index contributed by atoms with van der Waals surface area (Å²) in [5.41, 5.74) is 1.13. The Kier molecular flexibility index (Phi) is 4.24. The van der Waals surface area contributed by atoms with Crippen molar-refractivity contribution in [1.29, 1.82) is 0 Å². The topological polar surface area (TPSA) is 38.3 Å². The number of carbonyl (C=O) groups is 1. The predicted molar refractivity (Wildman–Crippen MR) is 78.6 cm³/mol. The zero-order chi connectivity index (χ0) is 13.8. The van der Waals surface area contributed by atoms with Gasteiger partial charge < -0.3 is 10.1 Å². The number of hydrogen-bond acceptors (Lipinski definition) is 2. The molecule has 0 aromatic heterocycles. The molecule has 0 saturated heterocycles. The Morgan fingerprint density at radius 3 is 2.70 bits per heavy atom. The van der Waals surface area contributed by atoms with Crippen molar-refractivity contribution in [2.24, 2.45) is 5.92 Å². The van der Waals surface area contributed by atoms with Gasteiger partial charge in [-0.05, 0) is 31.7 Å². The zero-order valence-corrected chi connectivity index (χ0v) is 11.9. The fourth-order valence-electron chi connectivity index (χ4n) is 3.33. The van der Waals surface area contributed by atoms with Crippen molar-refractivity contribution in [3.63, 3.8) is 0 Å². The van der Waals surface area contributed by atoms with Gasteiger partial charge in [-0.3, -0.25) is 4.79 Å². The molecule has 1 aromatic rings. The molecule has 1 amide bonds. The molecule has 1 aliphatic carbocycles. The Bertz CT molecular complexity index is 466. The summed E-state index contributed by atoms with van der Waals surface area (Å²) in [5, 5.41) is 3.27. The Morgan fingerprint density at radius 2 is 1.85 bits per heavy atom. The fourth-order valence-corrected chi connectivity index (χ4v) is 3.33. The molecule has 1 aromatic carbocycles. The molecule has 3 rings (SSSR count). The minimum Gasteiger partial charge on any atom is -0.493 e. The lowest BCUT2D eigenvalue weighted by Gasteiger charge is -2.25. The predicted octanol–water partition coefficient (Wildman–Crippen LogP) is 3.60. The molecular weight excluding hydrogens is 250 g/mol. The molecule has 0 bridgehead atoms. The van der Waals surface area contributed by atoms with Gasteiger partial charge in [0.05, 0.1) is 12.6 Å². The van der Waals surface area contributed by atoms with E-state index in [2.05, 4.69) is 11.4 Å². The summed E-state index contributed by atoms with van der Waals surface area (Å²) in [6, 6.07) is 8.20. The van der Waals surface area contributed by atoms with Crippen molar-refractivity contribution >= 4 is 5.91 Å². The van der Waals surface area contributed by atoms with Crippen LogP contribution in [0.25, 0.3) is 0 Å². The molecule has 1 atom stereocenters. The summed E-state index contributed by atoms with van der Waals surface area (Å²) >= 11 is 0. The lowest BCUT2D eigenvalue weighted by molar-refractivity contribution is -0.126. The molecule has 0 radical (unpaired) electrons. The van der Waals surface area contributed by atoms with Crippen molar-refractivity contribution in [2.75, 3.05) is 6.61 Å². The molecule has 1 N–H and O–H groups in total. The maximum atomic E-state index is 12.4. The smallest absolute Gasteiger partial charge is 0.223 e. The van der Waals surface area contributed by atoms with Crippen LogP contribution in [0.4, 0.5) is 0 Å². The minimum absolute atomic E-state index is 0.114. The van der Waals surface area contributed by atoms with Crippen LogP contribution in [0, 0.1) is 5.92 Å². The van der Waals surface area contributed by atoms with Crippen molar-refractivity contribution in [1.82, 2.24) is 5.32 Å². The zero-order valence-electron chi connectivity index (χ0n) is 11.9. The molecule has 2 aliphatic rings. The molecule has 1 aliphatic heterocycles. The van der Waals surface area contributed by atoms with Gasteiger partial charge >= 0.3 is 0 Å². The van der Waals surface area contributed by atoms with Crippen molar-refractivity contribution in [3.8, 4) is 5.75 Å². The second kappa shape index (κ2) is 6.29. The number of fused-ring (bicyclic) bond motifs is 1. The Labute approximate surface area is 120 Å². The molecule has 3 heteroatoms. The molecule has 1 heterocycles. The first-order chi connectivity index (χ1) is 9.84. The average molecular weight is 273 g/mol. The average Bonchev–Trinajstić information content (AvgIpc) is 2.71. The van der Waals surface area contributed by atoms with Gasteiger partial charge in [0, 0.05) is 11.5 Å². The number of carbonyl (C=O) groups excluding carboxylic acids is 1. The molecule has 1 fully saturated rings. The summed E-state index contributed by atoms with van der Waals surface area (Å²) in [4.78, 5) is 12.4. The van der Waals surface area contributed by atoms with E-state index < -0.39 is 0 Å². The minimum atomic E-state index is 0.114. The second-order valence-electron chi connectivity index (χ2n) is 5.92. The summed E-state index contributed by atoms with van der Waals surface area (Å²) in [6.45, 7) is 0.743. The largest absolute Gasteiger partial charge is 0.493 e. The Balaban J connectivity index is 1.71. The number of nitrogens with one attached hydrogen (secondary N) is 1. The molecule has 20 heavy (non-hydrogen) atoms. The summed E-state index contributed by atoms with van der Waals surface area (Å²) in [6.07, 6.45) is 7.74. The van der Waals surface area contributed by atoms with Crippen LogP contribution >= 0.6 is 0 Å². The standard InChI is InChI=1S/C17H23NO2/c19-17(13-7-2-1-3-8-13)18-15-10-6-12-20-16-11-5-4-9-14(15)16/h4-5,9,11,13,15H,1-3,6-8,10,12H2,(H,18,19). The lowest BCUT2D eigenvalue weighted by atomic mass is 9.88. The van der Waals surface area contributed by atoms with E-state index in [0.29, 0.717) is 0 Å². The first-order valence-electron chi connectivity index (χ1n) is 7.87. The molecule has 0 spiro atoms. The quantitative estimate of drug-likeness (QED) is 0.894. The highest BCUT2D eigenvalue weighted by atomic mass is 16.5. The van der Waals surface area contributed by atoms with E-state index in [1.165, 1.54) is 19.3 Å². The van der Waals surface area contributed by atoms with Crippen LogP contribution in [-0.4, -0.2) is 12.5 Å². The van der Waals surface area contributed by atoms with Gasteiger partial charge in [-0.15, -0.1) is 0 Å². The van der Waals surface area contributed by atoms with Gasteiger partial charge in [0.2, 0.25) is 5.91 Å². The Morgan fingerprint density at radius 1 is 1.05 bits per heavy atom. The summed E-state index contributed by atoms with van der Waals surface area (Å²) in [5.74, 6) is 1.39. The third-order valence-corrected chi connectivity index (χ3v) is 4.48. The summed E-state index contributed by atoms with van der Waals surface area (Å²) in [7, 11) is 0. The highest BCUT2D eigenvalue weighted by molar-refractivity contribution is 5.79. The van der Waals surface area contributed by atoms with E-state index in [0.717, 1.165) is 43.6 Å². The maximum Gasteiger partial charge on any atom is 0.223 e. The molecule has 3 nitrogen and oxygen atoms in total. The highest BCUT2D eigenvalue weighted by Crippen LogP contribution is 2.32. The third-order valence-electron chi connectivity index (χ3n) is 4.48. The van der Waals surface area contributed by atoms with E-state index in [1.807, 2.05) is 18.2 Å². The van der Waals surface area contributed by atoms with Gasteiger partial charge in [0.25, 0.3) is 0 Å². The summed E-state index contributed by atoms with van der Waals surface area (Å²) < 4.78 is 5.75. The molecular formula is C17H23NO2. The number of amides is 1. The van der Waals surface area contributed by atoms with Gasteiger partial charge in [0.1, 0.15) is 5.75 Å². The van der Waals surface area contributed by atoms with Gasteiger partial charge in [-0.2, -0.15) is 0 Å². The molecule has 108 valence electrons. The van der Waals surface area contributed by atoms with Crippen LogP contribution in [0.1, 0.15) is 56.6 Å². The van der Waals surface area contributed by atoms with Crippen molar-refractivity contribution < 1.29 is 9.53 Å². The van der Waals surface area contributed by atoms with Crippen molar-refractivity contribution in [2.45, 2.75) is 51.0 Å². The van der Waals surface area contributed by atoms with Crippen LogP contribution in [0.15, 0.2) is 24.3 Å². The van der Waals surface area contributed by atoms with Crippen LogP contribution in [0.5, 0.6) is 5.75 Å². The van der Waals surface area contributed by atoms with Crippen LogP contribution < -0.4 is 10.1 Å². The number of hydrogen-bond donors (Lipinski definition) is 1. The van der Waals surface area contributed by atoms with E-state index >= 15 is 0 Å². The highest BCUT2D eigenvalue weighted by Gasteiger charge is 2.26. The fraction of sp³-hybridized carbons (Fsp3) is 0.588. The first kappa shape index (κ1) is 13.5. The lowest BCUT2D eigenvalue weighted by Crippen LogP contribution is -2.34. The van der Waals surface area contributed by atoms with E-state index in [1.54, 1.807) is 0 Å². The number of para-hydroxylation sites is 1. The van der Waals surface area contributed by atoms with Crippen LogP contribution in [0.3, 0.4) is 0 Å². The van der Waals surface area contributed by atoms with E-state index in [-0.39, 0.29) is 17.9 Å². The van der Waals surface area contributed by atoms with Gasteiger partial charge in [-0.25, -0.2) is 0 Å². The van der Waals surface area contributed by atoms with E-state index in [4.69, 9.17) is 4.74 Å². The van der Waals surface area contributed by atoms with Crippen LogP contribution in [-0.2, 0) is 4.79 Å². The van der Waals surface area contributed by atoms with E-state index in [9.17, 15) is 4.79 Å². The third kappa shape index (κ3) is 2.97. The number of rotatable bonds is 2. The van der Waals surface area contributed by atoms with Crippen molar-refractivity contribution in [3.05, 3.63) is 29.8 Å². The second-order valence-corrected chi connectivity index (χ2v) is 5.92. The monoisotopic (exact) mass is 273 g/mol. The maximum absolute atomic E-state index is 12.4. The number of ether oxygens (including phenoxy) is 1. The SMILES string of the molecule is O=C(NC1CCCOc2ccccc21)C1CCCCC1. The van der Waals surface area contributed by atoms with Crippen LogP contribution in [0.2, 0.25) is 0 Å². The Hall–Kier alpha value is -1.51. The molecule has 1 unspecified atom stereocenters.